The molecule has 0 aliphatic carbocycles. The number of thiophene rings is 1. The van der Waals surface area contributed by atoms with Gasteiger partial charge in [0.05, 0.1) is 6.04 Å². The third-order valence-electron chi connectivity index (χ3n) is 2.63. The van der Waals surface area contributed by atoms with Crippen molar-refractivity contribution in [2.24, 2.45) is 0 Å². The molecule has 0 aliphatic rings. The van der Waals surface area contributed by atoms with Gasteiger partial charge in [0.2, 0.25) is 0 Å². The van der Waals surface area contributed by atoms with Gasteiger partial charge >= 0.3 is 0 Å². The smallest absolute Gasteiger partial charge is 0.109 e. The monoisotopic (exact) mass is 252 g/mol. The van der Waals surface area contributed by atoms with Crippen molar-refractivity contribution in [1.82, 2.24) is 10.3 Å². The van der Waals surface area contributed by atoms with Crippen LogP contribution in [-0.4, -0.2) is 4.98 Å². The summed E-state index contributed by atoms with van der Waals surface area (Å²) in [4.78, 5) is 5.80. The Hall–Kier alpha value is -0.710. The van der Waals surface area contributed by atoms with E-state index in [1.807, 2.05) is 22.9 Å². The predicted molar refractivity (Wildman–Crippen MR) is 71.0 cm³/mol. The van der Waals surface area contributed by atoms with E-state index < -0.39 is 0 Å². The quantitative estimate of drug-likeness (QED) is 0.876. The number of nitrogens with one attached hydrogen (secondary N) is 1. The molecule has 2 nitrogen and oxygen atoms in total. The Bertz CT molecular complexity index is 420. The van der Waals surface area contributed by atoms with E-state index in [9.17, 15) is 0 Å². The average Bonchev–Trinajstić information content (AvgIpc) is 2.92. The Morgan fingerprint density at radius 1 is 1.38 bits per heavy atom. The van der Waals surface area contributed by atoms with Crippen molar-refractivity contribution in [2.75, 3.05) is 0 Å². The van der Waals surface area contributed by atoms with Crippen molar-refractivity contribution in [3.8, 4) is 0 Å². The summed E-state index contributed by atoms with van der Waals surface area (Å²) in [6.07, 6.45) is 2.96. The minimum atomic E-state index is 0.390. The summed E-state index contributed by atoms with van der Waals surface area (Å²) in [6.45, 7) is 5.31. The third-order valence-corrected chi connectivity index (χ3v) is 4.55. The Labute approximate surface area is 104 Å². The maximum absolute atomic E-state index is 4.37. The molecule has 16 heavy (non-hydrogen) atoms. The van der Waals surface area contributed by atoms with Crippen LogP contribution in [0.1, 0.15) is 34.8 Å². The number of hydrogen-bond donors (Lipinski definition) is 1. The minimum absolute atomic E-state index is 0.390. The molecule has 0 fully saturated rings. The highest BCUT2D eigenvalue weighted by Gasteiger charge is 2.11. The molecular formula is C12H16N2S2. The molecule has 2 aromatic heterocycles. The van der Waals surface area contributed by atoms with Crippen molar-refractivity contribution in [2.45, 2.75) is 32.9 Å². The average molecular weight is 252 g/mol. The number of hydrogen-bond acceptors (Lipinski definition) is 4. The standard InChI is InChI=1S/C12H16N2S2/c1-3-10(12-13-5-7-16-12)14-8-11-9(2)4-6-15-11/h4-7,10,14H,3,8H2,1-2H3. The lowest BCUT2D eigenvalue weighted by Crippen LogP contribution is -2.19. The van der Waals surface area contributed by atoms with Crippen molar-refractivity contribution in [3.63, 3.8) is 0 Å². The topological polar surface area (TPSA) is 24.9 Å². The molecule has 0 amide bonds. The van der Waals surface area contributed by atoms with Gasteiger partial charge in [-0.2, -0.15) is 0 Å². The van der Waals surface area contributed by atoms with E-state index in [2.05, 4.69) is 35.6 Å². The Morgan fingerprint density at radius 3 is 2.81 bits per heavy atom. The van der Waals surface area contributed by atoms with E-state index in [1.54, 1.807) is 11.3 Å². The van der Waals surface area contributed by atoms with E-state index in [4.69, 9.17) is 0 Å². The van der Waals surface area contributed by atoms with Crippen molar-refractivity contribution in [3.05, 3.63) is 38.5 Å². The van der Waals surface area contributed by atoms with Crippen LogP contribution in [0.3, 0.4) is 0 Å². The lowest BCUT2D eigenvalue weighted by molar-refractivity contribution is 0.519. The van der Waals surface area contributed by atoms with Crippen LogP contribution in [0.25, 0.3) is 0 Å². The molecule has 0 aromatic carbocycles. The van der Waals surface area contributed by atoms with Gasteiger partial charge in [-0.15, -0.1) is 22.7 Å². The fourth-order valence-electron chi connectivity index (χ4n) is 1.61. The first kappa shape index (κ1) is 11.8. The summed E-state index contributed by atoms with van der Waals surface area (Å²) >= 11 is 3.55. The first-order chi connectivity index (χ1) is 7.81. The number of aromatic nitrogens is 1. The van der Waals surface area contributed by atoms with Gasteiger partial charge < -0.3 is 5.32 Å². The number of rotatable bonds is 5. The zero-order valence-corrected chi connectivity index (χ0v) is 11.2. The summed E-state index contributed by atoms with van der Waals surface area (Å²) in [7, 11) is 0. The fourth-order valence-corrected chi connectivity index (χ4v) is 3.27. The molecule has 1 unspecified atom stereocenters. The molecule has 86 valence electrons. The van der Waals surface area contributed by atoms with Gasteiger partial charge in [0.1, 0.15) is 5.01 Å². The fraction of sp³-hybridized carbons (Fsp3) is 0.417. The van der Waals surface area contributed by atoms with E-state index in [0.29, 0.717) is 6.04 Å². The van der Waals surface area contributed by atoms with Gasteiger partial charge in [0.15, 0.2) is 0 Å². The summed E-state index contributed by atoms with van der Waals surface area (Å²) in [6, 6.07) is 2.56. The van der Waals surface area contributed by atoms with Crippen molar-refractivity contribution in [1.29, 1.82) is 0 Å². The first-order valence-corrected chi connectivity index (χ1v) is 7.23. The van der Waals surface area contributed by atoms with Crippen molar-refractivity contribution >= 4 is 22.7 Å². The van der Waals surface area contributed by atoms with Gasteiger partial charge in [-0.1, -0.05) is 6.92 Å². The lowest BCUT2D eigenvalue weighted by Gasteiger charge is -2.13. The molecule has 0 spiro atoms. The normalized spacial score (nSPS) is 12.9. The molecule has 0 saturated carbocycles. The van der Waals surface area contributed by atoms with Crippen LogP contribution in [0.15, 0.2) is 23.0 Å². The highest BCUT2D eigenvalue weighted by molar-refractivity contribution is 7.10. The summed E-state index contributed by atoms with van der Waals surface area (Å²) in [5, 5.41) is 8.95. The van der Waals surface area contributed by atoms with Crippen LogP contribution in [0.2, 0.25) is 0 Å². The van der Waals surface area contributed by atoms with Crippen molar-refractivity contribution < 1.29 is 0 Å². The summed E-state index contributed by atoms with van der Waals surface area (Å²) < 4.78 is 0. The third kappa shape index (κ3) is 2.70. The molecule has 2 heterocycles. The molecule has 0 aliphatic heterocycles. The molecule has 2 aromatic rings. The van der Waals surface area contributed by atoms with E-state index in [1.165, 1.54) is 15.4 Å². The van der Waals surface area contributed by atoms with E-state index in [-0.39, 0.29) is 0 Å². The second-order valence-electron chi connectivity index (χ2n) is 3.74. The van der Waals surface area contributed by atoms with Crippen LogP contribution in [0.4, 0.5) is 0 Å². The molecule has 0 saturated heterocycles. The molecule has 0 radical (unpaired) electrons. The second-order valence-corrected chi connectivity index (χ2v) is 5.67. The Morgan fingerprint density at radius 2 is 2.25 bits per heavy atom. The molecule has 4 heteroatoms. The molecule has 1 atom stereocenters. The van der Waals surface area contributed by atoms with Gasteiger partial charge in [-0.3, -0.25) is 0 Å². The molecule has 2 rings (SSSR count). The van der Waals surface area contributed by atoms with Crippen LogP contribution in [0, 0.1) is 6.92 Å². The second kappa shape index (κ2) is 5.57. The lowest BCUT2D eigenvalue weighted by atomic mass is 10.2. The highest BCUT2D eigenvalue weighted by atomic mass is 32.1. The van der Waals surface area contributed by atoms with Gasteiger partial charge in [0.25, 0.3) is 0 Å². The first-order valence-electron chi connectivity index (χ1n) is 5.47. The Kier molecular flexibility index (Phi) is 4.09. The molecule has 0 bridgehead atoms. The van der Waals surface area contributed by atoms with Crippen LogP contribution >= 0.6 is 22.7 Å². The van der Waals surface area contributed by atoms with Crippen LogP contribution < -0.4 is 5.32 Å². The number of thiazole rings is 1. The Balaban J connectivity index is 1.96. The summed E-state index contributed by atoms with van der Waals surface area (Å²) in [5.41, 5.74) is 1.38. The zero-order valence-electron chi connectivity index (χ0n) is 9.56. The van der Waals surface area contributed by atoms with Gasteiger partial charge in [-0.25, -0.2) is 4.98 Å². The number of nitrogens with zero attached hydrogens (tertiary/aromatic N) is 1. The van der Waals surface area contributed by atoms with E-state index >= 15 is 0 Å². The summed E-state index contributed by atoms with van der Waals surface area (Å²) in [5.74, 6) is 0. The molecular weight excluding hydrogens is 236 g/mol. The van der Waals surface area contributed by atoms with Gasteiger partial charge in [-0.05, 0) is 30.4 Å². The largest absolute Gasteiger partial charge is 0.303 e. The maximum atomic E-state index is 4.37. The highest BCUT2D eigenvalue weighted by Crippen LogP contribution is 2.21. The van der Waals surface area contributed by atoms with Crippen LogP contribution in [-0.2, 0) is 6.54 Å². The number of aryl methyl sites for hydroxylation is 1. The zero-order chi connectivity index (χ0) is 11.4. The maximum Gasteiger partial charge on any atom is 0.109 e. The minimum Gasteiger partial charge on any atom is -0.303 e. The molecule has 1 N–H and O–H groups in total. The van der Waals surface area contributed by atoms with E-state index in [0.717, 1.165) is 13.0 Å². The van der Waals surface area contributed by atoms with Crippen LogP contribution in [0.5, 0.6) is 0 Å². The predicted octanol–water partition coefficient (Wildman–Crippen LogP) is 3.75. The van der Waals surface area contributed by atoms with Gasteiger partial charge in [0, 0.05) is 23.0 Å². The SMILES string of the molecule is CCC(NCc1sccc1C)c1nccs1.